The van der Waals surface area contributed by atoms with Crippen molar-refractivity contribution in [3.8, 4) is 0 Å². The molecule has 0 rings (SSSR count). The molecule has 8 heteroatoms. The lowest BCUT2D eigenvalue weighted by Gasteiger charge is -2.21. The fraction of sp³-hybridized carbons (Fsp3) is 0.857. The number of rotatable bonds is 22. The molecule has 0 aromatic rings. The number of nitrogens with one attached hydrogen (secondary N) is 4. The summed E-state index contributed by atoms with van der Waals surface area (Å²) in [5.41, 5.74) is 2.34. The van der Waals surface area contributed by atoms with Crippen LogP contribution in [0.5, 0.6) is 0 Å². The average molecular weight is 507 g/mol. The Hall–Kier alpha value is -1.80. The van der Waals surface area contributed by atoms with Crippen molar-refractivity contribution in [3.63, 3.8) is 0 Å². The smallest absolute Gasteiger partial charge is 0.132 e. The maximum absolute atomic E-state index is 8.63. The van der Waals surface area contributed by atoms with E-state index in [1.54, 1.807) is 0 Å². The number of hydrogen-bond donors (Lipinski definition) is 4. The molecule has 0 bridgehead atoms. The van der Waals surface area contributed by atoms with Crippen LogP contribution in [0.1, 0.15) is 93.9 Å². The molecule has 0 aliphatic rings. The van der Waals surface area contributed by atoms with Gasteiger partial charge >= 0.3 is 0 Å². The van der Waals surface area contributed by atoms with Crippen LogP contribution in [-0.2, 0) is 9.47 Å². The minimum atomic E-state index is -0.511. The molecular formula is C28H54N6O2. The van der Waals surface area contributed by atoms with Crippen LogP contribution in [-0.4, -0.2) is 61.4 Å². The van der Waals surface area contributed by atoms with Crippen molar-refractivity contribution in [2.75, 3.05) is 26.4 Å². The predicted octanol–water partition coefficient (Wildman–Crippen LogP) is 7.25. The molecule has 8 nitrogen and oxygen atoms in total. The van der Waals surface area contributed by atoms with Gasteiger partial charge in [0.05, 0.1) is 26.4 Å². The maximum Gasteiger partial charge on any atom is 0.132 e. The Morgan fingerprint density at radius 2 is 0.861 bits per heavy atom. The van der Waals surface area contributed by atoms with Crippen molar-refractivity contribution in [2.24, 2.45) is 33.9 Å². The second-order valence-electron chi connectivity index (χ2n) is 10.1. The molecule has 0 aromatic carbocycles. The van der Waals surface area contributed by atoms with Crippen LogP contribution in [0.4, 0.5) is 0 Å². The summed E-state index contributed by atoms with van der Waals surface area (Å²) in [5.74, 6) is 0.630. The zero-order valence-electron chi connectivity index (χ0n) is 24.2. The summed E-state index contributed by atoms with van der Waals surface area (Å²) in [7, 11) is 0. The first-order chi connectivity index (χ1) is 17.0. The Kier molecular flexibility index (Phi) is 18.4. The van der Waals surface area contributed by atoms with E-state index in [1.807, 2.05) is 27.7 Å². The summed E-state index contributed by atoms with van der Waals surface area (Å²) < 4.78 is 11.7. The molecule has 0 radical (unpaired) electrons. The molecular weight excluding hydrogens is 452 g/mol. The standard InChI is InChI=1S/C28H54N6O2/c1-9-19(5)23(29)13-15-35-17-25(27(31)21(7)11-3)33-34-26(28(32)22(8)12-4)18-36-16-14-24(30)20(6)10-2/h19-22,25-26,29-32H,9-18H2,1-8H3. The minimum Gasteiger partial charge on any atom is -0.378 e. The molecule has 0 spiro atoms. The number of nitrogens with zero attached hydrogens (tertiary/aromatic N) is 2. The second kappa shape index (κ2) is 19.3. The van der Waals surface area contributed by atoms with E-state index in [0.29, 0.717) is 48.9 Å². The van der Waals surface area contributed by atoms with Gasteiger partial charge in [0, 0.05) is 35.7 Å². The largest absolute Gasteiger partial charge is 0.378 e. The van der Waals surface area contributed by atoms with Gasteiger partial charge in [0.2, 0.25) is 0 Å². The van der Waals surface area contributed by atoms with Crippen molar-refractivity contribution in [1.82, 2.24) is 0 Å². The summed E-state index contributed by atoms with van der Waals surface area (Å²) in [6.45, 7) is 17.7. The third-order valence-corrected chi connectivity index (χ3v) is 7.35. The van der Waals surface area contributed by atoms with Crippen LogP contribution in [0.25, 0.3) is 0 Å². The first-order valence-corrected chi connectivity index (χ1v) is 13.9. The summed E-state index contributed by atoms with van der Waals surface area (Å²) in [6.07, 6.45) is 4.71. The molecule has 0 aliphatic carbocycles. The molecule has 0 aliphatic heterocycles. The van der Waals surface area contributed by atoms with Crippen molar-refractivity contribution in [1.29, 1.82) is 21.6 Å². The highest BCUT2D eigenvalue weighted by Gasteiger charge is 2.23. The van der Waals surface area contributed by atoms with E-state index in [1.165, 1.54) is 0 Å². The van der Waals surface area contributed by atoms with E-state index in [2.05, 4.69) is 37.9 Å². The Morgan fingerprint density at radius 3 is 1.14 bits per heavy atom. The van der Waals surface area contributed by atoms with E-state index < -0.39 is 12.1 Å². The van der Waals surface area contributed by atoms with E-state index in [-0.39, 0.29) is 36.9 Å². The highest BCUT2D eigenvalue weighted by molar-refractivity contribution is 5.90. The van der Waals surface area contributed by atoms with E-state index in [4.69, 9.17) is 31.1 Å². The highest BCUT2D eigenvalue weighted by Crippen LogP contribution is 2.15. The van der Waals surface area contributed by atoms with Gasteiger partial charge in [-0.1, -0.05) is 55.4 Å². The monoisotopic (exact) mass is 506 g/mol. The van der Waals surface area contributed by atoms with Gasteiger partial charge in [-0.05, 0) is 49.4 Å². The fourth-order valence-corrected chi connectivity index (χ4v) is 3.37. The van der Waals surface area contributed by atoms with Gasteiger partial charge in [-0.2, -0.15) is 10.2 Å². The lowest BCUT2D eigenvalue weighted by Crippen LogP contribution is -2.32. The first-order valence-electron chi connectivity index (χ1n) is 13.9. The van der Waals surface area contributed by atoms with Crippen LogP contribution in [0, 0.1) is 45.3 Å². The molecule has 0 heterocycles. The molecule has 0 aromatic heterocycles. The van der Waals surface area contributed by atoms with Gasteiger partial charge in [-0.25, -0.2) is 0 Å². The zero-order valence-corrected chi connectivity index (χ0v) is 24.2. The van der Waals surface area contributed by atoms with Gasteiger partial charge in [0.25, 0.3) is 0 Å². The SMILES string of the molecule is CCC(C)C(=N)CCOCC(N=NC(COCCC(=N)C(C)CC)C(=N)C(C)CC)C(=N)C(C)CC. The zero-order chi connectivity index (χ0) is 27.7. The number of ether oxygens (including phenoxy) is 2. The molecule has 0 fully saturated rings. The van der Waals surface area contributed by atoms with Crippen LogP contribution >= 0.6 is 0 Å². The van der Waals surface area contributed by atoms with Crippen molar-refractivity contribution >= 4 is 22.8 Å². The van der Waals surface area contributed by atoms with Crippen LogP contribution in [0.15, 0.2) is 10.2 Å². The third kappa shape index (κ3) is 12.9. The van der Waals surface area contributed by atoms with E-state index in [0.717, 1.165) is 25.7 Å². The summed E-state index contributed by atoms with van der Waals surface area (Å²) in [4.78, 5) is 0. The Balaban J connectivity index is 5.31. The maximum atomic E-state index is 8.63. The van der Waals surface area contributed by atoms with E-state index in [9.17, 15) is 0 Å². The molecule has 6 unspecified atom stereocenters. The van der Waals surface area contributed by atoms with Gasteiger partial charge < -0.3 is 31.1 Å². The highest BCUT2D eigenvalue weighted by atomic mass is 16.5. The van der Waals surface area contributed by atoms with E-state index >= 15 is 0 Å². The lowest BCUT2D eigenvalue weighted by atomic mass is 9.97. The lowest BCUT2D eigenvalue weighted by molar-refractivity contribution is 0.130. The quantitative estimate of drug-likeness (QED) is 0.0697. The molecule has 208 valence electrons. The topological polar surface area (TPSA) is 139 Å². The number of hydrogen-bond acceptors (Lipinski definition) is 8. The van der Waals surface area contributed by atoms with Gasteiger partial charge in [-0.15, -0.1) is 0 Å². The molecule has 0 saturated heterocycles. The van der Waals surface area contributed by atoms with Crippen molar-refractivity contribution in [3.05, 3.63) is 0 Å². The average Bonchev–Trinajstić information content (AvgIpc) is 2.90. The first kappa shape index (κ1) is 34.2. The minimum absolute atomic E-state index is 0.0613. The van der Waals surface area contributed by atoms with Gasteiger partial charge in [0.15, 0.2) is 0 Å². The summed E-state index contributed by atoms with van der Waals surface area (Å²) >= 11 is 0. The molecule has 4 N–H and O–H groups in total. The van der Waals surface area contributed by atoms with Crippen molar-refractivity contribution in [2.45, 2.75) is 106 Å². The Bertz CT molecular complexity index is 650. The van der Waals surface area contributed by atoms with Crippen LogP contribution in [0.3, 0.4) is 0 Å². The summed E-state index contributed by atoms with van der Waals surface area (Å²) in [5, 5.41) is 42.6. The number of azo groups is 1. The molecule has 36 heavy (non-hydrogen) atoms. The predicted molar refractivity (Wildman–Crippen MR) is 152 cm³/mol. The normalized spacial score (nSPS) is 16.8. The summed E-state index contributed by atoms with van der Waals surface area (Å²) in [6, 6.07) is -1.02. The fourth-order valence-electron chi connectivity index (χ4n) is 3.37. The van der Waals surface area contributed by atoms with Crippen LogP contribution < -0.4 is 0 Å². The third-order valence-electron chi connectivity index (χ3n) is 7.35. The van der Waals surface area contributed by atoms with Crippen molar-refractivity contribution < 1.29 is 9.47 Å². The second-order valence-corrected chi connectivity index (χ2v) is 10.1. The Morgan fingerprint density at radius 1 is 0.556 bits per heavy atom. The molecule has 0 amide bonds. The van der Waals surface area contributed by atoms with Gasteiger partial charge in [-0.3, -0.25) is 0 Å². The molecule has 6 atom stereocenters. The Labute approximate surface area is 220 Å². The van der Waals surface area contributed by atoms with Crippen LogP contribution in [0.2, 0.25) is 0 Å². The van der Waals surface area contributed by atoms with Gasteiger partial charge in [0.1, 0.15) is 12.1 Å². The molecule has 0 saturated carbocycles.